The molecule has 1 aliphatic heterocycles. The van der Waals surface area contributed by atoms with Gasteiger partial charge < -0.3 is 14.2 Å². The molecular weight excluding hydrogens is 300 g/mol. The fourth-order valence-electron chi connectivity index (χ4n) is 1.91. The van der Waals surface area contributed by atoms with Crippen LogP contribution in [0.25, 0.3) is 0 Å². The van der Waals surface area contributed by atoms with Crippen molar-refractivity contribution in [3.8, 4) is 0 Å². The molecule has 0 radical (unpaired) electrons. The Balaban J connectivity index is 2.05. The van der Waals surface area contributed by atoms with Gasteiger partial charge in [-0.3, -0.25) is 4.79 Å². The topological polar surface area (TPSA) is 44.8 Å². The van der Waals surface area contributed by atoms with Gasteiger partial charge in [0.25, 0.3) is 0 Å². The Morgan fingerprint density at radius 3 is 2.78 bits per heavy atom. The summed E-state index contributed by atoms with van der Waals surface area (Å²) in [4.78, 5) is 11.2. The van der Waals surface area contributed by atoms with Gasteiger partial charge in [-0.1, -0.05) is 28.1 Å². The second-order valence-corrected chi connectivity index (χ2v) is 5.20. The highest BCUT2D eigenvalue weighted by Crippen LogP contribution is 2.35. The minimum Gasteiger partial charge on any atom is -0.469 e. The van der Waals surface area contributed by atoms with E-state index in [0.29, 0.717) is 6.61 Å². The maximum atomic E-state index is 11.2. The largest absolute Gasteiger partial charge is 0.469 e. The molecule has 0 bridgehead atoms. The monoisotopic (exact) mass is 314 g/mol. The van der Waals surface area contributed by atoms with E-state index in [2.05, 4.69) is 20.7 Å². The van der Waals surface area contributed by atoms with E-state index in [1.165, 1.54) is 7.11 Å². The summed E-state index contributed by atoms with van der Waals surface area (Å²) in [5.74, 6) is -1.08. The van der Waals surface area contributed by atoms with E-state index in [0.717, 1.165) is 10.0 Å². The Morgan fingerprint density at radius 1 is 1.50 bits per heavy atom. The number of methoxy groups -OCH3 is 1. The Labute approximate surface area is 114 Å². The van der Waals surface area contributed by atoms with Crippen LogP contribution in [0.4, 0.5) is 0 Å². The first-order valence-electron chi connectivity index (χ1n) is 5.68. The molecule has 0 N–H and O–H groups in total. The molecule has 1 aliphatic rings. The highest BCUT2D eigenvalue weighted by Gasteiger charge is 2.39. The molecule has 5 heteroatoms. The normalized spacial score (nSPS) is 27.2. The van der Waals surface area contributed by atoms with Gasteiger partial charge in [0.2, 0.25) is 0 Å². The molecule has 0 amide bonds. The molecule has 0 aliphatic carbocycles. The molecule has 18 heavy (non-hydrogen) atoms. The fraction of sp³-hybridized carbons (Fsp3) is 0.462. The van der Waals surface area contributed by atoms with Crippen molar-refractivity contribution in [2.45, 2.75) is 25.2 Å². The molecule has 2 atom stereocenters. The molecule has 98 valence electrons. The van der Waals surface area contributed by atoms with E-state index in [4.69, 9.17) is 9.47 Å². The Kier molecular flexibility index (Phi) is 4.04. The first-order valence-corrected chi connectivity index (χ1v) is 6.47. The van der Waals surface area contributed by atoms with Crippen LogP contribution in [0.3, 0.4) is 0 Å². The van der Waals surface area contributed by atoms with E-state index in [9.17, 15) is 4.79 Å². The zero-order chi connectivity index (χ0) is 13.2. The lowest BCUT2D eigenvalue weighted by Crippen LogP contribution is -2.24. The molecule has 1 fully saturated rings. The van der Waals surface area contributed by atoms with Crippen LogP contribution in [0.1, 0.15) is 18.9 Å². The lowest BCUT2D eigenvalue weighted by molar-refractivity contribution is -0.166. The maximum Gasteiger partial charge on any atom is 0.308 e. The highest BCUT2D eigenvalue weighted by molar-refractivity contribution is 9.10. The molecule has 0 saturated carbocycles. The summed E-state index contributed by atoms with van der Waals surface area (Å²) in [5, 5.41) is 0. The number of esters is 1. The second kappa shape index (κ2) is 5.38. The van der Waals surface area contributed by atoms with Gasteiger partial charge in [-0.2, -0.15) is 0 Å². The number of hydrogen-bond donors (Lipinski definition) is 0. The third kappa shape index (κ3) is 2.91. The van der Waals surface area contributed by atoms with E-state index in [1.807, 2.05) is 31.2 Å². The van der Waals surface area contributed by atoms with Gasteiger partial charge in [0, 0.05) is 10.0 Å². The van der Waals surface area contributed by atoms with Gasteiger partial charge in [-0.25, -0.2) is 0 Å². The first kappa shape index (κ1) is 13.5. The van der Waals surface area contributed by atoms with Crippen molar-refractivity contribution >= 4 is 21.9 Å². The molecule has 1 saturated heterocycles. The van der Waals surface area contributed by atoms with Crippen LogP contribution < -0.4 is 0 Å². The number of halogens is 1. The van der Waals surface area contributed by atoms with Gasteiger partial charge in [0.1, 0.15) is 0 Å². The second-order valence-electron chi connectivity index (χ2n) is 4.28. The van der Waals surface area contributed by atoms with Crippen molar-refractivity contribution in [3.63, 3.8) is 0 Å². The lowest BCUT2D eigenvalue weighted by Gasteiger charge is -2.23. The number of carbonyl (C=O) groups excluding carboxylic acids is 1. The number of hydrogen-bond acceptors (Lipinski definition) is 4. The van der Waals surface area contributed by atoms with Crippen LogP contribution in [-0.4, -0.2) is 25.8 Å². The number of rotatable bonds is 3. The Bertz CT molecular complexity index is 431. The van der Waals surface area contributed by atoms with Crippen molar-refractivity contribution in [2.24, 2.45) is 0 Å². The van der Waals surface area contributed by atoms with Crippen LogP contribution in [-0.2, 0) is 24.8 Å². The van der Waals surface area contributed by atoms with Crippen LogP contribution in [0, 0.1) is 0 Å². The average Bonchev–Trinajstić information content (AvgIpc) is 2.72. The summed E-state index contributed by atoms with van der Waals surface area (Å²) in [6, 6.07) is 7.73. The molecule has 0 spiro atoms. The molecule has 4 nitrogen and oxygen atoms in total. The maximum absolute atomic E-state index is 11.2. The van der Waals surface area contributed by atoms with Gasteiger partial charge in [0.05, 0.1) is 26.2 Å². The number of carbonyl (C=O) groups is 1. The predicted molar refractivity (Wildman–Crippen MR) is 69.0 cm³/mol. The van der Waals surface area contributed by atoms with Crippen molar-refractivity contribution in [1.29, 1.82) is 0 Å². The van der Waals surface area contributed by atoms with Gasteiger partial charge >= 0.3 is 5.97 Å². The lowest BCUT2D eigenvalue weighted by atomic mass is 10.1. The molecular formula is C13H15BrO4. The summed E-state index contributed by atoms with van der Waals surface area (Å²) in [6.45, 7) is 2.25. The minimum atomic E-state index is -0.792. The van der Waals surface area contributed by atoms with Crippen molar-refractivity contribution < 1.29 is 19.0 Å². The average molecular weight is 315 g/mol. The van der Waals surface area contributed by atoms with Crippen LogP contribution in [0.2, 0.25) is 0 Å². The summed E-state index contributed by atoms with van der Waals surface area (Å²) in [5.41, 5.74) is 0.929. The van der Waals surface area contributed by atoms with Crippen molar-refractivity contribution in [2.75, 3.05) is 13.7 Å². The SMILES string of the molecule is COC(=O)CC1COC(C)(c2ccc(Br)cc2)O1. The zero-order valence-corrected chi connectivity index (χ0v) is 11.9. The predicted octanol–water partition coefficient (Wildman–Crippen LogP) is 2.60. The van der Waals surface area contributed by atoms with Crippen LogP contribution in [0.5, 0.6) is 0 Å². The summed E-state index contributed by atoms with van der Waals surface area (Å²) in [7, 11) is 1.37. The molecule has 1 heterocycles. The van der Waals surface area contributed by atoms with Crippen molar-refractivity contribution in [3.05, 3.63) is 34.3 Å². The third-order valence-corrected chi connectivity index (χ3v) is 3.46. The molecule has 0 aromatic heterocycles. The Morgan fingerprint density at radius 2 is 2.17 bits per heavy atom. The zero-order valence-electron chi connectivity index (χ0n) is 10.3. The standard InChI is InChI=1S/C13H15BrO4/c1-13(9-3-5-10(14)6-4-9)17-8-11(18-13)7-12(15)16-2/h3-6,11H,7-8H2,1-2H3. The van der Waals surface area contributed by atoms with E-state index in [-0.39, 0.29) is 18.5 Å². The Hall–Kier alpha value is -0.910. The summed E-state index contributed by atoms with van der Waals surface area (Å²) >= 11 is 3.38. The van der Waals surface area contributed by atoms with E-state index in [1.54, 1.807) is 0 Å². The van der Waals surface area contributed by atoms with Gasteiger partial charge in [-0.15, -0.1) is 0 Å². The summed E-state index contributed by atoms with van der Waals surface area (Å²) in [6.07, 6.45) is -0.0473. The fourth-order valence-corrected chi connectivity index (χ4v) is 2.18. The van der Waals surface area contributed by atoms with Crippen LogP contribution >= 0.6 is 15.9 Å². The van der Waals surface area contributed by atoms with Gasteiger partial charge in [-0.05, 0) is 19.1 Å². The first-order chi connectivity index (χ1) is 8.53. The number of ether oxygens (including phenoxy) is 3. The van der Waals surface area contributed by atoms with Gasteiger partial charge in [0.15, 0.2) is 5.79 Å². The van der Waals surface area contributed by atoms with E-state index < -0.39 is 5.79 Å². The molecule has 2 rings (SSSR count). The molecule has 1 aromatic carbocycles. The molecule has 2 unspecified atom stereocenters. The quantitative estimate of drug-likeness (QED) is 0.804. The third-order valence-electron chi connectivity index (χ3n) is 2.93. The number of benzene rings is 1. The minimum absolute atomic E-state index is 0.211. The smallest absolute Gasteiger partial charge is 0.308 e. The van der Waals surface area contributed by atoms with E-state index >= 15 is 0 Å². The molecule has 1 aromatic rings. The van der Waals surface area contributed by atoms with Crippen LogP contribution in [0.15, 0.2) is 28.7 Å². The van der Waals surface area contributed by atoms with Crippen molar-refractivity contribution in [1.82, 2.24) is 0 Å². The summed E-state index contributed by atoms with van der Waals surface area (Å²) < 4.78 is 17.1. The highest BCUT2D eigenvalue weighted by atomic mass is 79.9.